The van der Waals surface area contributed by atoms with Gasteiger partial charge in [-0.2, -0.15) is 0 Å². The SMILES string of the molecule is Fc1ccc(Cl)cc1CCCCNC1CCCC1. The maximum Gasteiger partial charge on any atom is 0.126 e. The average molecular weight is 270 g/mol. The Bertz CT molecular complexity index is 375. The van der Waals surface area contributed by atoms with Crippen molar-refractivity contribution < 1.29 is 4.39 Å². The van der Waals surface area contributed by atoms with E-state index in [0.717, 1.165) is 37.4 Å². The first-order valence-corrected chi connectivity index (χ1v) is 7.31. The number of rotatable bonds is 6. The van der Waals surface area contributed by atoms with Gasteiger partial charge in [0.25, 0.3) is 0 Å². The van der Waals surface area contributed by atoms with Gasteiger partial charge in [0.05, 0.1) is 0 Å². The largest absolute Gasteiger partial charge is 0.314 e. The number of unbranched alkanes of at least 4 members (excludes halogenated alkanes) is 1. The van der Waals surface area contributed by atoms with Gasteiger partial charge < -0.3 is 5.32 Å². The second kappa shape index (κ2) is 7.10. The lowest BCUT2D eigenvalue weighted by molar-refractivity contribution is 0.505. The Balaban J connectivity index is 1.64. The first-order chi connectivity index (χ1) is 8.75. The highest BCUT2D eigenvalue weighted by Gasteiger charge is 2.13. The van der Waals surface area contributed by atoms with Crippen molar-refractivity contribution >= 4 is 11.6 Å². The molecular weight excluding hydrogens is 249 g/mol. The summed E-state index contributed by atoms with van der Waals surface area (Å²) in [7, 11) is 0. The number of hydrogen-bond acceptors (Lipinski definition) is 1. The molecular formula is C15H21ClFN. The van der Waals surface area contributed by atoms with E-state index in [9.17, 15) is 4.39 Å². The van der Waals surface area contributed by atoms with E-state index in [1.807, 2.05) is 0 Å². The highest BCUT2D eigenvalue weighted by atomic mass is 35.5. The highest BCUT2D eigenvalue weighted by Crippen LogP contribution is 2.18. The van der Waals surface area contributed by atoms with Gasteiger partial charge in [0, 0.05) is 11.1 Å². The molecule has 1 aliphatic rings. The molecule has 0 saturated heterocycles. The van der Waals surface area contributed by atoms with Crippen molar-refractivity contribution in [2.75, 3.05) is 6.54 Å². The molecule has 2 rings (SSSR count). The Morgan fingerprint density at radius 1 is 1.22 bits per heavy atom. The summed E-state index contributed by atoms with van der Waals surface area (Å²) in [5.74, 6) is -0.136. The lowest BCUT2D eigenvalue weighted by Gasteiger charge is -2.11. The number of benzene rings is 1. The number of halogens is 2. The molecule has 1 fully saturated rings. The Kier molecular flexibility index (Phi) is 5.45. The van der Waals surface area contributed by atoms with Gasteiger partial charge in [0.1, 0.15) is 5.82 Å². The standard InChI is InChI=1S/C15H21ClFN/c16-13-8-9-15(17)12(11-13)5-3-4-10-18-14-6-1-2-7-14/h8-9,11,14,18H,1-7,10H2. The fourth-order valence-corrected chi connectivity index (χ4v) is 2.81. The van der Waals surface area contributed by atoms with Crippen LogP contribution in [-0.2, 0) is 6.42 Å². The van der Waals surface area contributed by atoms with Crippen molar-refractivity contribution in [3.8, 4) is 0 Å². The summed E-state index contributed by atoms with van der Waals surface area (Å²) in [6.07, 6.45) is 8.26. The zero-order valence-electron chi connectivity index (χ0n) is 10.7. The maximum atomic E-state index is 13.5. The number of nitrogens with one attached hydrogen (secondary N) is 1. The Labute approximate surface area is 114 Å². The van der Waals surface area contributed by atoms with Crippen molar-refractivity contribution in [1.29, 1.82) is 0 Å². The van der Waals surface area contributed by atoms with Gasteiger partial charge >= 0.3 is 0 Å². The predicted molar refractivity (Wildman–Crippen MR) is 74.6 cm³/mol. The van der Waals surface area contributed by atoms with Crippen LogP contribution in [0.5, 0.6) is 0 Å². The molecule has 0 amide bonds. The molecule has 1 saturated carbocycles. The van der Waals surface area contributed by atoms with E-state index >= 15 is 0 Å². The summed E-state index contributed by atoms with van der Waals surface area (Å²) in [5, 5.41) is 4.19. The van der Waals surface area contributed by atoms with Crippen LogP contribution in [-0.4, -0.2) is 12.6 Å². The molecule has 1 aromatic rings. The summed E-state index contributed by atoms with van der Waals surface area (Å²) >= 11 is 5.86. The second-order valence-electron chi connectivity index (χ2n) is 5.13. The molecule has 1 N–H and O–H groups in total. The highest BCUT2D eigenvalue weighted by molar-refractivity contribution is 6.30. The first-order valence-electron chi connectivity index (χ1n) is 6.93. The molecule has 0 spiro atoms. The third kappa shape index (κ3) is 4.25. The van der Waals surface area contributed by atoms with E-state index in [1.54, 1.807) is 12.1 Å². The fraction of sp³-hybridized carbons (Fsp3) is 0.600. The number of hydrogen-bond donors (Lipinski definition) is 1. The van der Waals surface area contributed by atoms with Crippen molar-refractivity contribution in [2.45, 2.75) is 51.0 Å². The molecule has 1 aromatic carbocycles. The third-order valence-electron chi connectivity index (χ3n) is 3.67. The summed E-state index contributed by atoms with van der Waals surface area (Å²) in [6, 6.07) is 5.52. The quantitative estimate of drug-likeness (QED) is 0.758. The van der Waals surface area contributed by atoms with E-state index < -0.39 is 0 Å². The van der Waals surface area contributed by atoms with Crippen LogP contribution in [0.15, 0.2) is 18.2 Å². The molecule has 0 unspecified atom stereocenters. The first kappa shape index (κ1) is 13.8. The van der Waals surface area contributed by atoms with Crippen LogP contribution in [0.3, 0.4) is 0 Å². The summed E-state index contributed by atoms with van der Waals surface area (Å²) < 4.78 is 13.5. The van der Waals surface area contributed by atoms with E-state index in [1.165, 1.54) is 31.7 Å². The lowest BCUT2D eigenvalue weighted by Crippen LogP contribution is -2.26. The molecule has 3 heteroatoms. The zero-order chi connectivity index (χ0) is 12.8. The monoisotopic (exact) mass is 269 g/mol. The van der Waals surface area contributed by atoms with Gasteiger partial charge in [-0.05, 0) is 62.4 Å². The van der Waals surface area contributed by atoms with Crippen LogP contribution in [0.1, 0.15) is 44.1 Å². The van der Waals surface area contributed by atoms with Gasteiger partial charge in [0.2, 0.25) is 0 Å². The minimum atomic E-state index is -0.136. The molecule has 0 heterocycles. The van der Waals surface area contributed by atoms with Gasteiger partial charge in [-0.3, -0.25) is 0 Å². The van der Waals surface area contributed by atoms with Crippen LogP contribution < -0.4 is 5.32 Å². The van der Waals surface area contributed by atoms with Gasteiger partial charge in [-0.25, -0.2) is 4.39 Å². The van der Waals surface area contributed by atoms with Crippen molar-refractivity contribution in [3.63, 3.8) is 0 Å². The van der Waals surface area contributed by atoms with E-state index in [4.69, 9.17) is 11.6 Å². The van der Waals surface area contributed by atoms with Gasteiger partial charge in [-0.15, -0.1) is 0 Å². The Morgan fingerprint density at radius 2 is 2.00 bits per heavy atom. The summed E-state index contributed by atoms with van der Waals surface area (Å²) in [6.45, 7) is 1.05. The normalized spacial score (nSPS) is 16.3. The van der Waals surface area contributed by atoms with E-state index in [0.29, 0.717) is 5.02 Å². The minimum absolute atomic E-state index is 0.136. The summed E-state index contributed by atoms with van der Waals surface area (Å²) in [5.41, 5.74) is 0.739. The Hall–Kier alpha value is -0.600. The second-order valence-corrected chi connectivity index (χ2v) is 5.56. The van der Waals surface area contributed by atoms with Gasteiger partial charge in [-0.1, -0.05) is 24.4 Å². The van der Waals surface area contributed by atoms with Crippen LogP contribution in [0, 0.1) is 5.82 Å². The minimum Gasteiger partial charge on any atom is -0.314 e. The molecule has 1 aliphatic carbocycles. The van der Waals surface area contributed by atoms with E-state index in [-0.39, 0.29) is 5.82 Å². The van der Waals surface area contributed by atoms with Crippen molar-refractivity contribution in [2.24, 2.45) is 0 Å². The fourth-order valence-electron chi connectivity index (χ4n) is 2.61. The summed E-state index contributed by atoms with van der Waals surface area (Å²) in [4.78, 5) is 0. The molecule has 0 aromatic heterocycles. The molecule has 100 valence electrons. The van der Waals surface area contributed by atoms with Crippen LogP contribution in [0.4, 0.5) is 4.39 Å². The van der Waals surface area contributed by atoms with Gasteiger partial charge in [0.15, 0.2) is 0 Å². The third-order valence-corrected chi connectivity index (χ3v) is 3.90. The Morgan fingerprint density at radius 3 is 2.78 bits per heavy atom. The molecule has 1 nitrogen and oxygen atoms in total. The van der Waals surface area contributed by atoms with Crippen molar-refractivity contribution in [1.82, 2.24) is 5.32 Å². The smallest absolute Gasteiger partial charge is 0.126 e. The van der Waals surface area contributed by atoms with E-state index in [2.05, 4.69) is 5.32 Å². The van der Waals surface area contributed by atoms with Crippen LogP contribution in [0.25, 0.3) is 0 Å². The average Bonchev–Trinajstić information content (AvgIpc) is 2.86. The topological polar surface area (TPSA) is 12.0 Å². The lowest BCUT2D eigenvalue weighted by atomic mass is 10.1. The number of aryl methyl sites for hydroxylation is 1. The maximum absolute atomic E-state index is 13.5. The van der Waals surface area contributed by atoms with Crippen LogP contribution >= 0.6 is 11.6 Å². The zero-order valence-corrected chi connectivity index (χ0v) is 11.5. The molecule has 0 aliphatic heterocycles. The molecule has 0 bridgehead atoms. The van der Waals surface area contributed by atoms with Crippen molar-refractivity contribution in [3.05, 3.63) is 34.6 Å². The molecule has 0 radical (unpaired) electrons. The van der Waals surface area contributed by atoms with Crippen LogP contribution in [0.2, 0.25) is 5.02 Å². The predicted octanol–water partition coefficient (Wildman–Crippen LogP) is 4.33. The molecule has 18 heavy (non-hydrogen) atoms. The molecule has 0 atom stereocenters.